The molecule has 0 saturated carbocycles. The van der Waals surface area contributed by atoms with E-state index in [1.807, 2.05) is 12.2 Å². The standard InChI is InChI=1S/C22H34O6/c1-2-3-4-5-6-8-11-17(23)14-15-20-19(25)16-21(28-20)18(24)12-9-7-10-13-22(26)27/h3-4,6-9,14-15,17-21,23-25H,2,5,10-13,16H2,1H3,(H,26,27)/b4-3-,8-6-,9-7-,15-14+/t17-,18-,19+,20-,21-/m1/s1. The Bertz CT molecular complexity index is 551. The predicted molar refractivity (Wildman–Crippen MR) is 109 cm³/mol. The van der Waals surface area contributed by atoms with Crippen LogP contribution in [0.4, 0.5) is 0 Å². The molecule has 28 heavy (non-hydrogen) atoms. The lowest BCUT2D eigenvalue weighted by Gasteiger charge is -2.16. The second-order valence-electron chi connectivity index (χ2n) is 6.92. The average molecular weight is 395 g/mol. The summed E-state index contributed by atoms with van der Waals surface area (Å²) in [5.74, 6) is -0.854. The van der Waals surface area contributed by atoms with E-state index in [1.165, 1.54) is 0 Å². The van der Waals surface area contributed by atoms with Crippen LogP contribution in [0.5, 0.6) is 0 Å². The van der Waals surface area contributed by atoms with E-state index in [9.17, 15) is 20.1 Å². The molecule has 158 valence electrons. The van der Waals surface area contributed by atoms with Crippen LogP contribution in [-0.2, 0) is 9.53 Å². The van der Waals surface area contributed by atoms with Gasteiger partial charge in [-0.15, -0.1) is 0 Å². The number of aliphatic hydroxyl groups excluding tert-OH is 3. The van der Waals surface area contributed by atoms with Crippen molar-refractivity contribution in [1.82, 2.24) is 0 Å². The Labute approximate surface area is 167 Å². The summed E-state index contributed by atoms with van der Waals surface area (Å²) in [4.78, 5) is 10.4. The number of allylic oxidation sites excluding steroid dienone is 4. The molecular weight excluding hydrogens is 360 g/mol. The maximum atomic E-state index is 10.4. The van der Waals surface area contributed by atoms with Crippen molar-refractivity contribution in [3.05, 3.63) is 48.6 Å². The van der Waals surface area contributed by atoms with Crippen molar-refractivity contribution in [3.63, 3.8) is 0 Å². The molecule has 1 aliphatic heterocycles. The van der Waals surface area contributed by atoms with Gasteiger partial charge < -0.3 is 25.2 Å². The first-order valence-corrected chi connectivity index (χ1v) is 9.98. The minimum Gasteiger partial charge on any atom is -0.481 e. The summed E-state index contributed by atoms with van der Waals surface area (Å²) >= 11 is 0. The minimum absolute atomic E-state index is 0.0606. The third-order valence-corrected chi connectivity index (χ3v) is 4.42. The summed E-state index contributed by atoms with van der Waals surface area (Å²) in [6.07, 6.45) is 15.1. The van der Waals surface area contributed by atoms with E-state index >= 15 is 0 Å². The van der Waals surface area contributed by atoms with Gasteiger partial charge >= 0.3 is 5.97 Å². The molecule has 6 heteroatoms. The summed E-state index contributed by atoms with van der Waals surface area (Å²) in [5.41, 5.74) is 0. The van der Waals surface area contributed by atoms with Crippen LogP contribution in [0.3, 0.4) is 0 Å². The second-order valence-corrected chi connectivity index (χ2v) is 6.92. The van der Waals surface area contributed by atoms with Crippen LogP contribution >= 0.6 is 0 Å². The van der Waals surface area contributed by atoms with E-state index < -0.39 is 36.5 Å². The average Bonchev–Trinajstić information content (AvgIpc) is 3.03. The van der Waals surface area contributed by atoms with Gasteiger partial charge in [-0.05, 0) is 32.1 Å². The van der Waals surface area contributed by atoms with Crippen molar-refractivity contribution < 1.29 is 30.0 Å². The predicted octanol–water partition coefficient (Wildman–Crippen LogP) is 2.90. The molecule has 0 radical (unpaired) electrons. The fourth-order valence-corrected chi connectivity index (χ4v) is 2.84. The summed E-state index contributed by atoms with van der Waals surface area (Å²) in [6, 6.07) is 0. The highest BCUT2D eigenvalue weighted by molar-refractivity contribution is 5.66. The van der Waals surface area contributed by atoms with Gasteiger partial charge in [0.05, 0.1) is 24.4 Å². The van der Waals surface area contributed by atoms with Gasteiger partial charge in [-0.2, -0.15) is 0 Å². The lowest BCUT2D eigenvalue weighted by molar-refractivity contribution is -0.136. The van der Waals surface area contributed by atoms with Gasteiger partial charge in [-0.25, -0.2) is 0 Å². The Morgan fingerprint density at radius 1 is 1.11 bits per heavy atom. The number of carboxylic acid groups (broad SMARTS) is 1. The first-order chi connectivity index (χ1) is 13.4. The largest absolute Gasteiger partial charge is 0.481 e. The van der Waals surface area contributed by atoms with E-state index in [1.54, 1.807) is 24.3 Å². The molecule has 0 aromatic carbocycles. The Kier molecular flexibility index (Phi) is 12.4. The number of aliphatic hydroxyl groups is 3. The van der Waals surface area contributed by atoms with Crippen molar-refractivity contribution in [2.24, 2.45) is 0 Å². The molecule has 4 N–H and O–H groups in total. The SMILES string of the molecule is CC/C=C\C/C=C\C[C@@H](O)/C=C/[C@H]1O[C@@H]([C@H](O)C/C=C\CCC(=O)O)C[C@@H]1O. The second kappa shape index (κ2) is 14.3. The fourth-order valence-electron chi connectivity index (χ4n) is 2.84. The third kappa shape index (κ3) is 10.6. The molecule has 1 fully saturated rings. The highest BCUT2D eigenvalue weighted by Crippen LogP contribution is 2.25. The van der Waals surface area contributed by atoms with E-state index in [-0.39, 0.29) is 6.42 Å². The fraction of sp³-hybridized carbons (Fsp3) is 0.591. The maximum absolute atomic E-state index is 10.4. The molecular formula is C22H34O6. The molecule has 1 saturated heterocycles. The number of rotatable bonds is 13. The van der Waals surface area contributed by atoms with Gasteiger partial charge in [-0.3, -0.25) is 4.79 Å². The van der Waals surface area contributed by atoms with Gasteiger partial charge in [0, 0.05) is 12.8 Å². The summed E-state index contributed by atoms with van der Waals surface area (Å²) in [7, 11) is 0. The molecule has 0 bridgehead atoms. The molecule has 6 nitrogen and oxygen atoms in total. The van der Waals surface area contributed by atoms with Crippen LogP contribution in [0.15, 0.2) is 48.6 Å². The van der Waals surface area contributed by atoms with Crippen molar-refractivity contribution >= 4 is 5.97 Å². The van der Waals surface area contributed by atoms with Gasteiger partial charge in [0.1, 0.15) is 6.10 Å². The maximum Gasteiger partial charge on any atom is 0.303 e. The van der Waals surface area contributed by atoms with Gasteiger partial charge in [0.25, 0.3) is 0 Å². The lowest BCUT2D eigenvalue weighted by atomic mass is 10.0. The third-order valence-electron chi connectivity index (χ3n) is 4.42. The molecule has 0 unspecified atom stereocenters. The van der Waals surface area contributed by atoms with Gasteiger partial charge in [-0.1, -0.05) is 55.5 Å². The topological polar surface area (TPSA) is 107 Å². The zero-order chi connectivity index (χ0) is 20.8. The molecule has 1 heterocycles. The highest BCUT2D eigenvalue weighted by Gasteiger charge is 2.35. The number of hydrogen-bond donors (Lipinski definition) is 4. The smallest absolute Gasteiger partial charge is 0.303 e. The summed E-state index contributed by atoms with van der Waals surface area (Å²) < 4.78 is 5.70. The molecule has 1 aliphatic rings. The van der Waals surface area contributed by atoms with Crippen molar-refractivity contribution in [3.8, 4) is 0 Å². The van der Waals surface area contributed by atoms with Gasteiger partial charge in [0.2, 0.25) is 0 Å². The summed E-state index contributed by atoms with van der Waals surface area (Å²) in [5, 5.41) is 38.9. The Morgan fingerprint density at radius 3 is 2.54 bits per heavy atom. The van der Waals surface area contributed by atoms with E-state index in [4.69, 9.17) is 9.84 Å². The highest BCUT2D eigenvalue weighted by atomic mass is 16.5. The quantitative estimate of drug-likeness (QED) is 0.358. The van der Waals surface area contributed by atoms with Crippen molar-refractivity contribution in [1.29, 1.82) is 0 Å². The zero-order valence-corrected chi connectivity index (χ0v) is 16.6. The monoisotopic (exact) mass is 394 g/mol. The van der Waals surface area contributed by atoms with E-state index in [2.05, 4.69) is 19.1 Å². The lowest BCUT2D eigenvalue weighted by Crippen LogP contribution is -2.25. The normalized spacial score (nSPS) is 25.5. The molecule has 0 aromatic heterocycles. The number of carboxylic acids is 1. The Balaban J connectivity index is 2.34. The summed E-state index contributed by atoms with van der Waals surface area (Å²) in [6.45, 7) is 2.08. The number of aliphatic carboxylic acids is 1. The minimum atomic E-state index is -0.854. The van der Waals surface area contributed by atoms with Gasteiger partial charge in [0.15, 0.2) is 0 Å². The number of ether oxygens (including phenoxy) is 1. The van der Waals surface area contributed by atoms with E-state index in [0.717, 1.165) is 12.8 Å². The van der Waals surface area contributed by atoms with Crippen molar-refractivity contribution in [2.75, 3.05) is 0 Å². The molecule has 0 spiro atoms. The molecule has 1 rings (SSSR count). The van der Waals surface area contributed by atoms with Crippen LogP contribution in [0.2, 0.25) is 0 Å². The zero-order valence-electron chi connectivity index (χ0n) is 16.6. The van der Waals surface area contributed by atoms with Crippen LogP contribution in [-0.4, -0.2) is 56.9 Å². The first kappa shape index (κ1) is 24.3. The van der Waals surface area contributed by atoms with Crippen LogP contribution in [0.25, 0.3) is 0 Å². The Hall–Kier alpha value is -1.73. The number of hydrogen-bond acceptors (Lipinski definition) is 5. The molecule has 0 aromatic rings. The molecule has 0 aliphatic carbocycles. The number of carbonyl (C=O) groups is 1. The molecule has 5 atom stereocenters. The first-order valence-electron chi connectivity index (χ1n) is 9.98. The molecule has 0 amide bonds. The van der Waals surface area contributed by atoms with E-state index in [0.29, 0.717) is 25.7 Å². The van der Waals surface area contributed by atoms with Crippen LogP contribution in [0.1, 0.15) is 51.9 Å². The van der Waals surface area contributed by atoms with Crippen molar-refractivity contribution in [2.45, 2.75) is 82.4 Å². The van der Waals surface area contributed by atoms with Crippen LogP contribution < -0.4 is 0 Å². The van der Waals surface area contributed by atoms with Crippen LogP contribution in [0, 0.1) is 0 Å². The Morgan fingerprint density at radius 2 is 1.82 bits per heavy atom.